The van der Waals surface area contributed by atoms with Crippen LogP contribution in [0.1, 0.15) is 20.8 Å². The van der Waals surface area contributed by atoms with E-state index in [2.05, 4.69) is 0 Å². The largest absolute Gasteiger partial charge is 0.464 e. The lowest BCUT2D eigenvalue weighted by Gasteiger charge is -2.26. The molecule has 0 heterocycles. The van der Waals surface area contributed by atoms with Gasteiger partial charge in [0.05, 0.1) is 10.6 Å². The number of carboxylic acid groups (broad SMARTS) is 1. The van der Waals surface area contributed by atoms with E-state index >= 15 is 4.39 Å². The topological polar surface area (TPSA) is 113 Å². The minimum Gasteiger partial charge on any atom is -0.464 e. The van der Waals surface area contributed by atoms with Crippen LogP contribution in [0.4, 0.5) is 41.1 Å². The molecule has 30 heavy (non-hydrogen) atoms. The third-order valence-electron chi connectivity index (χ3n) is 3.84. The van der Waals surface area contributed by atoms with Gasteiger partial charge in [-0.25, -0.2) is 18.4 Å². The van der Waals surface area contributed by atoms with Crippen molar-refractivity contribution in [2.24, 2.45) is 0 Å². The lowest BCUT2D eigenvalue weighted by Crippen LogP contribution is -2.41. The molecule has 0 aliphatic carbocycles. The maximum Gasteiger partial charge on any atom is 0.424 e. The number of anilines is 3. The van der Waals surface area contributed by atoms with Gasteiger partial charge in [0, 0.05) is 18.8 Å². The Labute approximate surface area is 170 Å². The van der Waals surface area contributed by atoms with Crippen LogP contribution in [-0.4, -0.2) is 34.9 Å². The highest BCUT2D eigenvalue weighted by molar-refractivity contribution is 6.11. The van der Waals surface area contributed by atoms with E-state index in [-0.39, 0.29) is 10.6 Å². The quantitative estimate of drug-likeness (QED) is 0.540. The van der Waals surface area contributed by atoms with Gasteiger partial charge in [-0.1, -0.05) is 0 Å². The van der Waals surface area contributed by atoms with Crippen molar-refractivity contribution in [1.82, 2.24) is 0 Å². The van der Waals surface area contributed by atoms with Crippen LogP contribution in [0.5, 0.6) is 0 Å². The van der Waals surface area contributed by atoms with Gasteiger partial charge >= 0.3 is 12.2 Å². The Balaban J connectivity index is 2.67. The van der Waals surface area contributed by atoms with Gasteiger partial charge < -0.3 is 14.7 Å². The molecule has 2 aromatic rings. The van der Waals surface area contributed by atoms with Crippen LogP contribution in [0.25, 0.3) is 0 Å². The maximum atomic E-state index is 15.4. The number of hydrogen-bond donors (Lipinski definition) is 1. The Morgan fingerprint density at radius 3 is 2.13 bits per heavy atom. The molecule has 0 saturated heterocycles. The summed E-state index contributed by atoms with van der Waals surface area (Å²) >= 11 is 0. The SMILES string of the molecule is CN(c1ccc(F)cc1)c1ccc([N+](=O)[O-])c(N(C(=O)O)C(=O)OC(C)(C)C)c1F. The summed E-state index contributed by atoms with van der Waals surface area (Å²) in [6.07, 6.45) is -3.47. The fourth-order valence-electron chi connectivity index (χ4n) is 2.54. The Morgan fingerprint density at radius 1 is 1.10 bits per heavy atom. The van der Waals surface area contributed by atoms with Crippen molar-refractivity contribution in [2.45, 2.75) is 26.4 Å². The minimum absolute atomic E-state index is 0.152. The molecule has 0 aliphatic rings. The van der Waals surface area contributed by atoms with Crippen molar-refractivity contribution in [3.8, 4) is 0 Å². The molecule has 0 saturated carbocycles. The number of ether oxygens (including phenoxy) is 1. The average molecular weight is 423 g/mol. The number of nitrogens with zero attached hydrogens (tertiary/aromatic N) is 3. The zero-order chi connectivity index (χ0) is 22.8. The van der Waals surface area contributed by atoms with Crippen LogP contribution in [0.2, 0.25) is 0 Å². The van der Waals surface area contributed by atoms with Crippen LogP contribution in [0.15, 0.2) is 36.4 Å². The highest BCUT2D eigenvalue weighted by Crippen LogP contribution is 2.39. The molecule has 0 spiro atoms. The average Bonchev–Trinajstić information content (AvgIpc) is 2.61. The highest BCUT2D eigenvalue weighted by atomic mass is 19.1. The van der Waals surface area contributed by atoms with Crippen molar-refractivity contribution < 1.29 is 33.1 Å². The second-order valence-corrected chi connectivity index (χ2v) is 7.16. The first kappa shape index (κ1) is 22.5. The molecule has 0 radical (unpaired) electrons. The van der Waals surface area contributed by atoms with Gasteiger partial charge in [-0.15, -0.1) is 0 Å². The molecular weight excluding hydrogens is 404 g/mol. The van der Waals surface area contributed by atoms with E-state index < -0.39 is 45.7 Å². The fourth-order valence-corrected chi connectivity index (χ4v) is 2.54. The van der Waals surface area contributed by atoms with Gasteiger partial charge in [0.15, 0.2) is 11.5 Å². The second kappa shape index (κ2) is 8.31. The molecule has 0 unspecified atom stereocenters. The van der Waals surface area contributed by atoms with Crippen LogP contribution in [-0.2, 0) is 4.74 Å². The number of rotatable bonds is 4. The zero-order valence-corrected chi connectivity index (χ0v) is 16.6. The van der Waals surface area contributed by atoms with Gasteiger partial charge in [0.25, 0.3) is 5.69 Å². The number of imide groups is 1. The molecule has 0 aromatic heterocycles. The van der Waals surface area contributed by atoms with E-state index in [1.807, 2.05) is 0 Å². The third-order valence-corrected chi connectivity index (χ3v) is 3.84. The van der Waals surface area contributed by atoms with E-state index in [1.165, 1.54) is 44.9 Å². The number of amides is 2. The van der Waals surface area contributed by atoms with E-state index in [4.69, 9.17) is 4.74 Å². The number of hydrogen-bond acceptors (Lipinski definition) is 6. The molecule has 0 bridgehead atoms. The summed E-state index contributed by atoms with van der Waals surface area (Å²) in [6, 6.07) is 6.83. The highest BCUT2D eigenvalue weighted by Gasteiger charge is 2.37. The number of carbonyl (C=O) groups excluding carboxylic acids is 1. The predicted molar refractivity (Wildman–Crippen MR) is 104 cm³/mol. The molecule has 9 nitrogen and oxygen atoms in total. The van der Waals surface area contributed by atoms with Crippen LogP contribution < -0.4 is 9.80 Å². The first-order valence-corrected chi connectivity index (χ1v) is 8.55. The van der Waals surface area contributed by atoms with Crippen molar-refractivity contribution >= 4 is 34.9 Å². The van der Waals surface area contributed by atoms with E-state index in [0.717, 1.165) is 24.3 Å². The van der Waals surface area contributed by atoms with Crippen LogP contribution in [0, 0.1) is 21.7 Å². The number of nitro groups is 1. The van der Waals surface area contributed by atoms with Crippen molar-refractivity contribution in [3.63, 3.8) is 0 Å². The van der Waals surface area contributed by atoms with Crippen molar-refractivity contribution in [3.05, 3.63) is 58.1 Å². The molecule has 160 valence electrons. The van der Waals surface area contributed by atoms with E-state index in [0.29, 0.717) is 5.69 Å². The van der Waals surface area contributed by atoms with E-state index in [1.54, 1.807) is 0 Å². The lowest BCUT2D eigenvalue weighted by molar-refractivity contribution is -0.384. The first-order chi connectivity index (χ1) is 13.8. The Bertz CT molecular complexity index is 989. The lowest BCUT2D eigenvalue weighted by atomic mass is 10.1. The second-order valence-electron chi connectivity index (χ2n) is 7.16. The molecule has 0 aliphatic heterocycles. The summed E-state index contributed by atoms with van der Waals surface area (Å²) in [4.78, 5) is 35.6. The van der Waals surface area contributed by atoms with Crippen LogP contribution in [0.3, 0.4) is 0 Å². The zero-order valence-electron chi connectivity index (χ0n) is 16.6. The van der Waals surface area contributed by atoms with Gasteiger partial charge in [-0.2, -0.15) is 4.90 Å². The van der Waals surface area contributed by atoms with Crippen molar-refractivity contribution in [2.75, 3.05) is 16.8 Å². The van der Waals surface area contributed by atoms with Gasteiger partial charge in [-0.05, 0) is 51.1 Å². The standard InChI is InChI=1S/C19H19F2N3O6/c1-19(2,3)30-18(27)23(17(25)26)16-14(24(28)29)10-9-13(15(16)21)22(4)12-7-5-11(20)6-8-12/h5-10H,1-4H3,(H,25,26). The van der Waals surface area contributed by atoms with Gasteiger partial charge in [-0.3, -0.25) is 10.1 Å². The van der Waals surface area contributed by atoms with Crippen LogP contribution >= 0.6 is 0 Å². The molecule has 11 heteroatoms. The fraction of sp³-hybridized carbons (Fsp3) is 0.263. The predicted octanol–water partition coefficient (Wildman–Crippen LogP) is 5.06. The monoisotopic (exact) mass is 423 g/mol. The number of halogens is 2. The molecule has 2 amide bonds. The summed E-state index contributed by atoms with van der Waals surface area (Å²) in [6.45, 7) is 4.36. The summed E-state index contributed by atoms with van der Waals surface area (Å²) in [5.74, 6) is -1.87. The summed E-state index contributed by atoms with van der Waals surface area (Å²) in [7, 11) is 1.39. The Morgan fingerprint density at radius 2 is 1.67 bits per heavy atom. The summed E-state index contributed by atoms with van der Waals surface area (Å²) in [5.41, 5.74) is -3.14. The number of carbonyl (C=O) groups is 2. The number of nitro benzene ring substituents is 1. The van der Waals surface area contributed by atoms with E-state index in [9.17, 15) is 29.2 Å². The molecule has 0 atom stereocenters. The summed E-state index contributed by atoms with van der Waals surface area (Å²) in [5, 5.41) is 20.9. The van der Waals surface area contributed by atoms with Gasteiger partial charge in [0.2, 0.25) is 0 Å². The van der Waals surface area contributed by atoms with Gasteiger partial charge in [0.1, 0.15) is 11.4 Å². The summed E-state index contributed by atoms with van der Waals surface area (Å²) < 4.78 is 33.5. The maximum absolute atomic E-state index is 15.4. The molecular formula is C19H19F2N3O6. The third kappa shape index (κ3) is 4.80. The normalized spacial score (nSPS) is 11.0. The number of benzene rings is 2. The Kier molecular flexibility index (Phi) is 6.24. The Hall–Kier alpha value is -3.76. The smallest absolute Gasteiger partial charge is 0.424 e. The molecule has 2 aromatic carbocycles. The molecule has 1 N–H and O–H groups in total. The molecule has 0 fully saturated rings. The van der Waals surface area contributed by atoms with Crippen molar-refractivity contribution in [1.29, 1.82) is 0 Å². The minimum atomic E-state index is -1.96. The molecule has 2 rings (SSSR count). The first-order valence-electron chi connectivity index (χ1n) is 8.55.